The second-order valence-electron chi connectivity index (χ2n) is 8.81. The monoisotopic (exact) mass is 442 g/mol. The molecule has 0 unspecified atom stereocenters. The van der Waals surface area contributed by atoms with Gasteiger partial charge in [-0.2, -0.15) is 0 Å². The number of carbonyl (C=O) groups excluding carboxylic acids is 1. The Bertz CT molecular complexity index is 1140. The number of fused-ring (bicyclic) bond motifs is 6. The summed E-state index contributed by atoms with van der Waals surface area (Å²) in [5.74, 6) is 0.958. The molecule has 0 aliphatic carbocycles. The summed E-state index contributed by atoms with van der Waals surface area (Å²) in [7, 11) is 0. The third kappa shape index (κ3) is 3.52. The molecule has 5 heteroatoms. The van der Waals surface area contributed by atoms with Crippen molar-refractivity contribution in [1.82, 2.24) is 0 Å². The molecule has 3 aromatic rings. The first-order chi connectivity index (χ1) is 16.2. The van der Waals surface area contributed by atoms with Crippen molar-refractivity contribution in [3.05, 3.63) is 82.9 Å². The number of ether oxygens (including phenoxy) is 2. The van der Waals surface area contributed by atoms with Gasteiger partial charge in [0.2, 0.25) is 0 Å². The number of rotatable bonds is 8. The van der Waals surface area contributed by atoms with Crippen molar-refractivity contribution >= 4 is 17.3 Å². The highest BCUT2D eigenvalue weighted by molar-refractivity contribution is 6.04. The molecule has 2 aliphatic heterocycles. The van der Waals surface area contributed by atoms with Crippen LogP contribution in [0.1, 0.15) is 72.5 Å². The number of hydrogen-bond donors (Lipinski definition) is 2. The third-order valence-electron chi connectivity index (χ3n) is 6.64. The average molecular weight is 443 g/mol. The zero-order valence-electron chi connectivity index (χ0n) is 19.0. The van der Waals surface area contributed by atoms with Crippen LogP contribution < -0.4 is 15.8 Å². The van der Waals surface area contributed by atoms with Crippen LogP contribution >= 0.6 is 0 Å². The van der Waals surface area contributed by atoms with Crippen LogP contribution in [-0.4, -0.2) is 12.5 Å². The lowest BCUT2D eigenvalue weighted by Gasteiger charge is -2.37. The van der Waals surface area contributed by atoms with Crippen LogP contribution in [-0.2, 0) is 10.3 Å². The van der Waals surface area contributed by atoms with Gasteiger partial charge in [-0.25, -0.2) is 4.79 Å². The van der Waals surface area contributed by atoms with E-state index in [1.807, 2.05) is 54.6 Å². The van der Waals surface area contributed by atoms with Gasteiger partial charge in [-0.15, -0.1) is 0 Å². The summed E-state index contributed by atoms with van der Waals surface area (Å²) in [6.45, 7) is 3.06. The van der Waals surface area contributed by atoms with Crippen LogP contribution in [0, 0.1) is 0 Å². The number of unbranched alkanes of at least 4 members (excludes halogenated alkanes) is 5. The van der Waals surface area contributed by atoms with E-state index in [0.29, 0.717) is 22.7 Å². The van der Waals surface area contributed by atoms with E-state index < -0.39 is 11.6 Å². The quantitative estimate of drug-likeness (QED) is 0.233. The molecule has 5 nitrogen and oxygen atoms in total. The van der Waals surface area contributed by atoms with Gasteiger partial charge in [0.05, 0.1) is 5.56 Å². The van der Waals surface area contributed by atoms with Gasteiger partial charge in [0.25, 0.3) is 0 Å². The van der Waals surface area contributed by atoms with Crippen LogP contribution in [0.5, 0.6) is 11.5 Å². The lowest BCUT2D eigenvalue weighted by molar-refractivity contribution is 0.0226. The Morgan fingerprint density at radius 2 is 1.48 bits per heavy atom. The van der Waals surface area contributed by atoms with Crippen molar-refractivity contribution in [2.75, 3.05) is 17.6 Å². The van der Waals surface area contributed by atoms with Gasteiger partial charge in [0, 0.05) is 34.6 Å². The molecule has 0 fully saturated rings. The molecular formula is C28H30N2O3. The molecule has 1 spiro atoms. The highest BCUT2D eigenvalue weighted by atomic mass is 16.6. The van der Waals surface area contributed by atoms with Gasteiger partial charge in [-0.3, -0.25) is 0 Å². The first-order valence-electron chi connectivity index (χ1n) is 11.9. The fraction of sp³-hybridized carbons (Fsp3) is 0.321. The molecule has 3 N–H and O–H groups in total. The number of carbonyl (C=O) groups is 1. The van der Waals surface area contributed by atoms with Crippen LogP contribution in [0.4, 0.5) is 11.4 Å². The molecule has 0 atom stereocenters. The summed E-state index contributed by atoms with van der Waals surface area (Å²) in [6.07, 6.45) is 7.33. The summed E-state index contributed by atoms with van der Waals surface area (Å²) in [5, 5.41) is 3.59. The van der Waals surface area contributed by atoms with E-state index in [1.165, 1.54) is 32.1 Å². The van der Waals surface area contributed by atoms with Crippen molar-refractivity contribution in [3.63, 3.8) is 0 Å². The molecule has 0 amide bonds. The van der Waals surface area contributed by atoms with Crippen molar-refractivity contribution in [3.8, 4) is 11.5 Å². The molecule has 0 aromatic heterocycles. The third-order valence-corrected chi connectivity index (χ3v) is 6.64. The number of anilines is 2. The molecule has 5 rings (SSSR count). The second kappa shape index (κ2) is 8.81. The SMILES string of the molecule is CCCCCCCCNc1ccc(N)c2c1C1(OC2=O)c2ccccc2Oc2ccccc21. The Kier molecular flexibility index (Phi) is 5.71. The van der Waals surface area contributed by atoms with E-state index in [2.05, 4.69) is 12.2 Å². The number of hydrogen-bond acceptors (Lipinski definition) is 5. The van der Waals surface area contributed by atoms with Crippen molar-refractivity contribution in [2.24, 2.45) is 0 Å². The molecule has 3 aromatic carbocycles. The van der Waals surface area contributed by atoms with Gasteiger partial charge in [0.1, 0.15) is 11.5 Å². The zero-order chi connectivity index (χ0) is 22.8. The molecule has 170 valence electrons. The minimum atomic E-state index is -1.10. The molecule has 2 heterocycles. The normalized spacial score (nSPS) is 14.8. The fourth-order valence-electron chi connectivity index (χ4n) is 5.06. The summed E-state index contributed by atoms with van der Waals surface area (Å²) >= 11 is 0. The van der Waals surface area contributed by atoms with Gasteiger partial charge in [-0.05, 0) is 30.7 Å². The smallest absolute Gasteiger partial charge is 0.342 e. The summed E-state index contributed by atoms with van der Waals surface area (Å²) < 4.78 is 12.5. The first-order valence-corrected chi connectivity index (χ1v) is 11.9. The van der Waals surface area contributed by atoms with E-state index in [1.54, 1.807) is 6.07 Å². The summed E-state index contributed by atoms with van der Waals surface area (Å²) in [5.41, 5.74) is 9.37. The molecular weight excluding hydrogens is 412 g/mol. The number of esters is 1. The summed E-state index contributed by atoms with van der Waals surface area (Å²) in [6, 6.07) is 19.3. The van der Waals surface area contributed by atoms with Crippen LogP contribution in [0.3, 0.4) is 0 Å². The standard InChI is InChI=1S/C28H30N2O3/c1-2-3-4-5-6-11-18-30-22-17-16-21(29)25-26(22)28(33-27(25)31)19-12-7-9-14-23(19)32-24-15-10-8-13-20(24)28/h7-10,12-17,30H,2-6,11,18,29H2,1H3. The van der Waals surface area contributed by atoms with Crippen LogP contribution in [0.25, 0.3) is 0 Å². The number of benzene rings is 3. The predicted molar refractivity (Wildman–Crippen MR) is 131 cm³/mol. The van der Waals surface area contributed by atoms with E-state index in [-0.39, 0.29) is 0 Å². The minimum Gasteiger partial charge on any atom is -0.456 e. The Balaban J connectivity index is 1.57. The van der Waals surface area contributed by atoms with E-state index in [0.717, 1.165) is 35.3 Å². The maximum Gasteiger partial charge on any atom is 0.342 e. The van der Waals surface area contributed by atoms with Gasteiger partial charge in [0.15, 0.2) is 5.60 Å². The Morgan fingerprint density at radius 1 is 0.848 bits per heavy atom. The fourth-order valence-corrected chi connectivity index (χ4v) is 5.06. The van der Waals surface area contributed by atoms with Crippen molar-refractivity contribution in [2.45, 2.75) is 51.0 Å². The maximum atomic E-state index is 13.2. The van der Waals surface area contributed by atoms with E-state index in [9.17, 15) is 4.79 Å². The van der Waals surface area contributed by atoms with Gasteiger partial charge < -0.3 is 20.5 Å². The Labute approximate surface area is 194 Å². The van der Waals surface area contributed by atoms with Gasteiger partial charge >= 0.3 is 5.97 Å². The van der Waals surface area contributed by atoms with Crippen molar-refractivity contribution < 1.29 is 14.3 Å². The Morgan fingerprint density at radius 3 is 2.18 bits per heavy atom. The lowest BCUT2D eigenvalue weighted by atomic mass is 9.76. The number of nitrogens with two attached hydrogens (primary N) is 1. The molecule has 33 heavy (non-hydrogen) atoms. The van der Waals surface area contributed by atoms with Gasteiger partial charge in [-0.1, -0.05) is 75.4 Å². The largest absolute Gasteiger partial charge is 0.456 e. The molecule has 0 bridgehead atoms. The van der Waals surface area contributed by atoms with Crippen molar-refractivity contribution in [1.29, 1.82) is 0 Å². The number of nitrogens with one attached hydrogen (secondary N) is 1. The highest BCUT2D eigenvalue weighted by Gasteiger charge is 2.55. The maximum absolute atomic E-state index is 13.2. The summed E-state index contributed by atoms with van der Waals surface area (Å²) in [4.78, 5) is 13.2. The van der Waals surface area contributed by atoms with Crippen LogP contribution in [0.15, 0.2) is 60.7 Å². The highest BCUT2D eigenvalue weighted by Crippen LogP contribution is 2.58. The first kappa shape index (κ1) is 21.4. The molecule has 0 radical (unpaired) electrons. The average Bonchev–Trinajstić information content (AvgIpc) is 3.14. The predicted octanol–water partition coefficient (Wildman–Crippen LogP) is 6.61. The number of para-hydroxylation sites is 2. The molecule has 0 saturated carbocycles. The lowest BCUT2D eigenvalue weighted by Crippen LogP contribution is -2.33. The van der Waals surface area contributed by atoms with Crippen LogP contribution in [0.2, 0.25) is 0 Å². The van der Waals surface area contributed by atoms with E-state index >= 15 is 0 Å². The number of nitrogen functional groups attached to an aromatic ring is 1. The topological polar surface area (TPSA) is 73.6 Å². The zero-order valence-corrected chi connectivity index (χ0v) is 19.0. The Hall–Kier alpha value is -3.47. The van der Waals surface area contributed by atoms with E-state index in [4.69, 9.17) is 15.2 Å². The molecule has 2 aliphatic rings. The second-order valence-corrected chi connectivity index (χ2v) is 8.81. The molecule has 0 saturated heterocycles. The minimum absolute atomic E-state index is 0.405.